The number of hydrogen-bond acceptors (Lipinski definition) is 3. The number of nitrogens with one attached hydrogen (secondary N) is 1. The van der Waals surface area contributed by atoms with E-state index in [1.54, 1.807) is 6.20 Å². The van der Waals surface area contributed by atoms with Gasteiger partial charge in [-0.1, -0.05) is 0 Å². The summed E-state index contributed by atoms with van der Waals surface area (Å²) in [5, 5.41) is 2.96. The standard InChI is InChI=1S/C9H14FN3/c1-7-5-8(11)9(13-6-7)12-4-2-3-10/h5-6H,2-4,11H2,1H3,(H,12,13). The first-order chi connectivity index (χ1) is 6.24. The number of hydrogen-bond donors (Lipinski definition) is 2. The quantitative estimate of drug-likeness (QED) is 0.699. The average Bonchev–Trinajstić information content (AvgIpc) is 2.09. The summed E-state index contributed by atoms with van der Waals surface area (Å²) in [5.41, 5.74) is 7.32. The maximum absolute atomic E-state index is 11.8. The zero-order valence-electron chi connectivity index (χ0n) is 7.68. The number of aryl methyl sites for hydroxylation is 1. The fourth-order valence-corrected chi connectivity index (χ4v) is 1.01. The topological polar surface area (TPSA) is 50.9 Å². The van der Waals surface area contributed by atoms with E-state index in [1.165, 1.54) is 0 Å². The Morgan fingerprint density at radius 1 is 1.62 bits per heavy atom. The first-order valence-electron chi connectivity index (χ1n) is 4.26. The highest BCUT2D eigenvalue weighted by atomic mass is 19.1. The monoisotopic (exact) mass is 183 g/mol. The van der Waals surface area contributed by atoms with Crippen LogP contribution in [0.2, 0.25) is 0 Å². The number of nitrogens with two attached hydrogens (primary N) is 1. The smallest absolute Gasteiger partial charge is 0.149 e. The van der Waals surface area contributed by atoms with Gasteiger partial charge in [-0.15, -0.1) is 0 Å². The van der Waals surface area contributed by atoms with Crippen molar-refractivity contribution in [3.63, 3.8) is 0 Å². The number of rotatable bonds is 4. The SMILES string of the molecule is Cc1cnc(NCCCF)c(N)c1. The van der Waals surface area contributed by atoms with Crippen molar-refractivity contribution in [1.29, 1.82) is 0 Å². The number of pyridine rings is 1. The third kappa shape index (κ3) is 2.89. The van der Waals surface area contributed by atoms with Gasteiger partial charge >= 0.3 is 0 Å². The second-order valence-corrected chi connectivity index (χ2v) is 2.92. The lowest BCUT2D eigenvalue weighted by Crippen LogP contribution is -2.06. The molecule has 3 N–H and O–H groups in total. The zero-order valence-corrected chi connectivity index (χ0v) is 7.68. The maximum atomic E-state index is 11.8. The molecule has 0 saturated heterocycles. The van der Waals surface area contributed by atoms with Crippen molar-refractivity contribution < 1.29 is 4.39 Å². The minimum absolute atomic E-state index is 0.321. The maximum Gasteiger partial charge on any atom is 0.149 e. The van der Waals surface area contributed by atoms with E-state index in [1.807, 2.05) is 13.0 Å². The van der Waals surface area contributed by atoms with Gasteiger partial charge in [0.2, 0.25) is 0 Å². The van der Waals surface area contributed by atoms with Crippen LogP contribution in [0.4, 0.5) is 15.9 Å². The van der Waals surface area contributed by atoms with Crippen molar-refractivity contribution >= 4 is 11.5 Å². The molecule has 0 bridgehead atoms. The highest BCUT2D eigenvalue weighted by molar-refractivity contribution is 5.61. The van der Waals surface area contributed by atoms with Crippen LogP contribution in [0.1, 0.15) is 12.0 Å². The van der Waals surface area contributed by atoms with Gasteiger partial charge in [0.05, 0.1) is 12.4 Å². The van der Waals surface area contributed by atoms with Crippen LogP contribution in [0.5, 0.6) is 0 Å². The summed E-state index contributed by atoms with van der Waals surface area (Å²) in [6, 6.07) is 1.84. The lowest BCUT2D eigenvalue weighted by molar-refractivity contribution is 0.481. The average molecular weight is 183 g/mol. The van der Waals surface area contributed by atoms with E-state index in [-0.39, 0.29) is 6.67 Å². The number of alkyl halides is 1. The molecule has 0 fully saturated rings. The summed E-state index contributed by atoms with van der Waals surface area (Å²) < 4.78 is 11.8. The van der Waals surface area contributed by atoms with Crippen LogP contribution < -0.4 is 11.1 Å². The first kappa shape index (κ1) is 9.77. The Labute approximate surface area is 77.2 Å². The molecule has 0 aliphatic carbocycles. The van der Waals surface area contributed by atoms with E-state index >= 15 is 0 Å². The van der Waals surface area contributed by atoms with Crippen LogP contribution in [0.15, 0.2) is 12.3 Å². The number of anilines is 2. The molecule has 1 aromatic rings. The first-order valence-corrected chi connectivity index (χ1v) is 4.26. The largest absolute Gasteiger partial charge is 0.396 e. The molecule has 0 unspecified atom stereocenters. The molecule has 0 radical (unpaired) electrons. The molecule has 0 aliphatic rings. The molecular formula is C9H14FN3. The van der Waals surface area contributed by atoms with Crippen LogP contribution in [0.25, 0.3) is 0 Å². The van der Waals surface area contributed by atoms with E-state index in [4.69, 9.17) is 5.73 Å². The van der Waals surface area contributed by atoms with Gasteiger partial charge in [-0.25, -0.2) is 4.98 Å². The normalized spacial score (nSPS) is 10.0. The number of aromatic nitrogens is 1. The molecule has 0 aliphatic heterocycles. The Hall–Kier alpha value is -1.32. The van der Waals surface area contributed by atoms with Gasteiger partial charge in [-0.2, -0.15) is 0 Å². The van der Waals surface area contributed by atoms with Crippen molar-refractivity contribution in [2.75, 3.05) is 24.3 Å². The van der Waals surface area contributed by atoms with Crippen molar-refractivity contribution in [1.82, 2.24) is 4.98 Å². The van der Waals surface area contributed by atoms with Crippen LogP contribution in [-0.2, 0) is 0 Å². The van der Waals surface area contributed by atoms with E-state index < -0.39 is 0 Å². The summed E-state index contributed by atoms with van der Waals surface area (Å²) in [6.07, 6.45) is 2.21. The molecular weight excluding hydrogens is 169 g/mol. The van der Waals surface area contributed by atoms with E-state index in [9.17, 15) is 4.39 Å². The second kappa shape index (κ2) is 4.64. The van der Waals surface area contributed by atoms with E-state index in [2.05, 4.69) is 10.3 Å². The van der Waals surface area contributed by atoms with Crippen LogP contribution in [-0.4, -0.2) is 18.2 Å². The fraction of sp³-hybridized carbons (Fsp3) is 0.444. The highest BCUT2D eigenvalue weighted by Gasteiger charge is 1.98. The van der Waals surface area contributed by atoms with Crippen molar-refractivity contribution in [2.24, 2.45) is 0 Å². The van der Waals surface area contributed by atoms with Gasteiger partial charge in [-0.3, -0.25) is 4.39 Å². The van der Waals surface area contributed by atoms with Crippen LogP contribution in [0.3, 0.4) is 0 Å². The van der Waals surface area contributed by atoms with Crippen molar-refractivity contribution in [3.05, 3.63) is 17.8 Å². The Morgan fingerprint density at radius 2 is 2.38 bits per heavy atom. The summed E-state index contributed by atoms with van der Waals surface area (Å²) >= 11 is 0. The number of nitrogen functional groups attached to an aromatic ring is 1. The third-order valence-electron chi connectivity index (χ3n) is 1.66. The van der Waals surface area contributed by atoms with Crippen molar-refractivity contribution in [3.8, 4) is 0 Å². The summed E-state index contributed by atoms with van der Waals surface area (Å²) in [6.45, 7) is 2.17. The summed E-state index contributed by atoms with van der Waals surface area (Å²) in [5.74, 6) is 0.638. The van der Waals surface area contributed by atoms with Gasteiger partial charge in [0.1, 0.15) is 5.82 Å². The minimum Gasteiger partial charge on any atom is -0.396 e. The Balaban J connectivity index is 2.56. The molecule has 0 aromatic carbocycles. The van der Waals surface area contributed by atoms with Crippen LogP contribution >= 0.6 is 0 Å². The molecule has 0 spiro atoms. The van der Waals surface area contributed by atoms with Crippen LogP contribution in [0, 0.1) is 6.92 Å². The molecule has 72 valence electrons. The second-order valence-electron chi connectivity index (χ2n) is 2.92. The zero-order chi connectivity index (χ0) is 9.68. The Kier molecular flexibility index (Phi) is 3.49. The Morgan fingerprint density at radius 3 is 3.00 bits per heavy atom. The Bertz CT molecular complexity index is 276. The lowest BCUT2D eigenvalue weighted by atomic mass is 10.3. The molecule has 1 aromatic heterocycles. The number of nitrogens with zero attached hydrogens (tertiary/aromatic N) is 1. The molecule has 0 atom stereocenters. The molecule has 3 nitrogen and oxygen atoms in total. The number of halogens is 1. The van der Waals surface area contributed by atoms with Gasteiger partial charge in [0, 0.05) is 12.7 Å². The van der Waals surface area contributed by atoms with Crippen molar-refractivity contribution in [2.45, 2.75) is 13.3 Å². The molecule has 0 amide bonds. The van der Waals surface area contributed by atoms with E-state index in [0.717, 1.165) is 5.56 Å². The molecule has 1 rings (SSSR count). The predicted molar refractivity (Wildman–Crippen MR) is 52.5 cm³/mol. The van der Waals surface area contributed by atoms with Gasteiger partial charge < -0.3 is 11.1 Å². The summed E-state index contributed by atoms with van der Waals surface area (Å²) in [7, 11) is 0. The molecule has 4 heteroatoms. The molecule has 1 heterocycles. The predicted octanol–water partition coefficient (Wildman–Crippen LogP) is 1.74. The van der Waals surface area contributed by atoms with Gasteiger partial charge in [0.25, 0.3) is 0 Å². The van der Waals surface area contributed by atoms with Gasteiger partial charge in [-0.05, 0) is 25.0 Å². The fourth-order valence-electron chi connectivity index (χ4n) is 1.01. The third-order valence-corrected chi connectivity index (χ3v) is 1.66. The minimum atomic E-state index is -0.321. The van der Waals surface area contributed by atoms with Gasteiger partial charge in [0.15, 0.2) is 0 Å². The summed E-state index contributed by atoms with van der Waals surface area (Å²) in [4.78, 5) is 4.09. The molecule has 13 heavy (non-hydrogen) atoms. The lowest BCUT2D eigenvalue weighted by Gasteiger charge is -2.07. The highest BCUT2D eigenvalue weighted by Crippen LogP contribution is 2.15. The van der Waals surface area contributed by atoms with E-state index in [0.29, 0.717) is 24.5 Å². The molecule has 0 saturated carbocycles.